The van der Waals surface area contributed by atoms with Gasteiger partial charge < -0.3 is 10.2 Å². The van der Waals surface area contributed by atoms with E-state index in [1.54, 1.807) is 6.07 Å². The number of benzene rings is 1. The van der Waals surface area contributed by atoms with Crippen LogP contribution in [0, 0.1) is 12.7 Å². The summed E-state index contributed by atoms with van der Waals surface area (Å²) in [6.07, 6.45) is 3.95. The van der Waals surface area contributed by atoms with E-state index < -0.39 is 0 Å². The molecule has 1 heterocycles. The number of rotatable bonds is 4. The fraction of sp³-hybridized carbons (Fsp3) is 0.600. The van der Waals surface area contributed by atoms with E-state index in [0.717, 1.165) is 24.2 Å². The highest BCUT2D eigenvalue weighted by Crippen LogP contribution is 2.14. The van der Waals surface area contributed by atoms with Crippen molar-refractivity contribution < 1.29 is 4.39 Å². The number of likely N-dealkylation sites (tertiary alicyclic amines) is 1. The number of likely N-dealkylation sites (N-methyl/N-ethyl adjacent to an activating group) is 1. The van der Waals surface area contributed by atoms with Gasteiger partial charge in [-0.3, -0.25) is 0 Å². The van der Waals surface area contributed by atoms with Gasteiger partial charge in [-0.15, -0.1) is 0 Å². The number of nitrogens with one attached hydrogen (secondary N) is 1. The molecular formula is C15H23FN2. The molecule has 100 valence electrons. The minimum atomic E-state index is -0.120. The van der Waals surface area contributed by atoms with Gasteiger partial charge in [-0.05, 0) is 50.6 Å². The van der Waals surface area contributed by atoms with Gasteiger partial charge in [0.05, 0.1) is 0 Å². The Bertz CT molecular complexity index is 392. The summed E-state index contributed by atoms with van der Waals surface area (Å²) in [4.78, 5) is 2.44. The van der Waals surface area contributed by atoms with E-state index in [2.05, 4.69) is 17.3 Å². The van der Waals surface area contributed by atoms with Crippen molar-refractivity contribution in [1.29, 1.82) is 0 Å². The molecule has 0 bridgehead atoms. The summed E-state index contributed by atoms with van der Waals surface area (Å²) < 4.78 is 13.1. The average Bonchev–Trinajstić information content (AvgIpc) is 2.36. The SMILES string of the molecule is Cc1cc(CNCC2CCCCN2C)ccc1F. The second kappa shape index (κ2) is 6.30. The highest BCUT2D eigenvalue weighted by atomic mass is 19.1. The molecular weight excluding hydrogens is 227 g/mol. The minimum Gasteiger partial charge on any atom is -0.311 e. The van der Waals surface area contributed by atoms with Gasteiger partial charge in [-0.25, -0.2) is 4.39 Å². The van der Waals surface area contributed by atoms with E-state index in [-0.39, 0.29) is 5.82 Å². The lowest BCUT2D eigenvalue weighted by atomic mass is 10.0. The Labute approximate surface area is 109 Å². The van der Waals surface area contributed by atoms with Crippen LogP contribution in [0.3, 0.4) is 0 Å². The van der Waals surface area contributed by atoms with E-state index in [0.29, 0.717) is 6.04 Å². The van der Waals surface area contributed by atoms with Crippen LogP contribution in [0.4, 0.5) is 4.39 Å². The summed E-state index contributed by atoms with van der Waals surface area (Å²) in [6, 6.07) is 5.99. The maximum Gasteiger partial charge on any atom is 0.126 e. The molecule has 0 aliphatic carbocycles. The summed E-state index contributed by atoms with van der Waals surface area (Å²) in [5.41, 5.74) is 1.89. The number of hydrogen-bond acceptors (Lipinski definition) is 2. The number of nitrogens with zero attached hydrogens (tertiary/aromatic N) is 1. The Balaban J connectivity index is 1.79. The molecule has 1 fully saturated rings. The summed E-state index contributed by atoms with van der Waals surface area (Å²) in [5.74, 6) is -0.120. The van der Waals surface area contributed by atoms with E-state index in [9.17, 15) is 4.39 Å². The van der Waals surface area contributed by atoms with Gasteiger partial charge in [0.25, 0.3) is 0 Å². The maximum atomic E-state index is 13.1. The van der Waals surface area contributed by atoms with Crippen molar-refractivity contribution >= 4 is 0 Å². The lowest BCUT2D eigenvalue weighted by molar-refractivity contribution is 0.181. The fourth-order valence-corrected chi connectivity index (χ4v) is 2.60. The van der Waals surface area contributed by atoms with Crippen molar-refractivity contribution in [2.24, 2.45) is 0 Å². The van der Waals surface area contributed by atoms with Crippen LogP contribution in [-0.4, -0.2) is 31.1 Å². The van der Waals surface area contributed by atoms with E-state index >= 15 is 0 Å². The molecule has 2 rings (SSSR count). The minimum absolute atomic E-state index is 0.120. The molecule has 1 aliphatic heterocycles. The highest BCUT2D eigenvalue weighted by molar-refractivity contribution is 5.23. The van der Waals surface area contributed by atoms with Crippen molar-refractivity contribution in [3.8, 4) is 0 Å². The van der Waals surface area contributed by atoms with Crippen LogP contribution in [0.1, 0.15) is 30.4 Å². The third kappa shape index (κ3) is 3.53. The Morgan fingerprint density at radius 3 is 2.94 bits per heavy atom. The first kappa shape index (κ1) is 13.5. The quantitative estimate of drug-likeness (QED) is 0.884. The Morgan fingerprint density at radius 2 is 2.22 bits per heavy atom. The maximum absolute atomic E-state index is 13.1. The summed E-state index contributed by atoms with van der Waals surface area (Å²) in [7, 11) is 2.20. The topological polar surface area (TPSA) is 15.3 Å². The predicted molar refractivity (Wildman–Crippen MR) is 73.1 cm³/mol. The van der Waals surface area contributed by atoms with Gasteiger partial charge in [-0.2, -0.15) is 0 Å². The van der Waals surface area contributed by atoms with Crippen molar-refractivity contribution in [1.82, 2.24) is 10.2 Å². The van der Waals surface area contributed by atoms with Crippen molar-refractivity contribution in [2.75, 3.05) is 20.1 Å². The first-order valence-corrected chi connectivity index (χ1v) is 6.83. The number of aryl methyl sites for hydroxylation is 1. The van der Waals surface area contributed by atoms with Crippen LogP contribution in [0.2, 0.25) is 0 Å². The molecule has 1 atom stereocenters. The lowest BCUT2D eigenvalue weighted by Gasteiger charge is -2.32. The average molecular weight is 250 g/mol. The van der Waals surface area contributed by atoms with Gasteiger partial charge >= 0.3 is 0 Å². The molecule has 1 saturated heterocycles. The molecule has 2 nitrogen and oxygen atoms in total. The monoisotopic (exact) mass is 250 g/mol. The molecule has 0 radical (unpaired) electrons. The molecule has 0 spiro atoms. The third-order valence-electron chi connectivity index (χ3n) is 3.85. The third-order valence-corrected chi connectivity index (χ3v) is 3.85. The first-order valence-electron chi connectivity index (χ1n) is 6.83. The van der Waals surface area contributed by atoms with E-state index in [4.69, 9.17) is 0 Å². The van der Waals surface area contributed by atoms with Gasteiger partial charge in [0, 0.05) is 19.1 Å². The fourth-order valence-electron chi connectivity index (χ4n) is 2.60. The zero-order valence-electron chi connectivity index (χ0n) is 11.4. The van der Waals surface area contributed by atoms with Crippen LogP contribution in [0.25, 0.3) is 0 Å². The number of piperidine rings is 1. The standard InChI is InChI=1S/C15H23FN2/c1-12-9-13(6-7-15(12)16)10-17-11-14-5-3-4-8-18(14)2/h6-7,9,14,17H,3-5,8,10-11H2,1-2H3. The molecule has 0 aromatic heterocycles. The smallest absolute Gasteiger partial charge is 0.126 e. The van der Waals surface area contributed by atoms with E-state index in [1.807, 2.05) is 19.1 Å². The molecule has 1 aromatic carbocycles. The first-order chi connectivity index (χ1) is 8.66. The normalized spacial score (nSPS) is 21.2. The van der Waals surface area contributed by atoms with Crippen LogP contribution < -0.4 is 5.32 Å². The summed E-state index contributed by atoms with van der Waals surface area (Å²) >= 11 is 0. The molecule has 0 saturated carbocycles. The Morgan fingerprint density at radius 1 is 1.39 bits per heavy atom. The molecule has 0 amide bonds. The largest absolute Gasteiger partial charge is 0.311 e. The molecule has 1 unspecified atom stereocenters. The summed E-state index contributed by atoms with van der Waals surface area (Å²) in [5, 5.41) is 3.48. The zero-order valence-corrected chi connectivity index (χ0v) is 11.4. The Kier molecular flexibility index (Phi) is 4.72. The second-order valence-corrected chi connectivity index (χ2v) is 5.34. The predicted octanol–water partition coefficient (Wildman–Crippen LogP) is 2.71. The van der Waals surface area contributed by atoms with E-state index in [1.165, 1.54) is 25.8 Å². The molecule has 1 aromatic rings. The Hall–Kier alpha value is -0.930. The summed E-state index contributed by atoms with van der Waals surface area (Å²) in [6.45, 7) is 4.87. The number of hydrogen-bond donors (Lipinski definition) is 1. The van der Waals surface area contributed by atoms with Crippen LogP contribution in [0.5, 0.6) is 0 Å². The van der Waals surface area contributed by atoms with Crippen LogP contribution in [0.15, 0.2) is 18.2 Å². The van der Waals surface area contributed by atoms with Crippen molar-refractivity contribution in [3.63, 3.8) is 0 Å². The molecule has 18 heavy (non-hydrogen) atoms. The van der Waals surface area contributed by atoms with Crippen LogP contribution in [-0.2, 0) is 6.54 Å². The zero-order chi connectivity index (χ0) is 13.0. The second-order valence-electron chi connectivity index (χ2n) is 5.34. The van der Waals surface area contributed by atoms with Crippen molar-refractivity contribution in [3.05, 3.63) is 35.1 Å². The molecule has 1 N–H and O–H groups in total. The van der Waals surface area contributed by atoms with Crippen molar-refractivity contribution in [2.45, 2.75) is 38.8 Å². The highest BCUT2D eigenvalue weighted by Gasteiger charge is 2.17. The number of halogens is 1. The van der Waals surface area contributed by atoms with Gasteiger partial charge in [0.2, 0.25) is 0 Å². The van der Waals surface area contributed by atoms with Crippen LogP contribution >= 0.6 is 0 Å². The molecule has 3 heteroatoms. The van der Waals surface area contributed by atoms with Gasteiger partial charge in [-0.1, -0.05) is 18.6 Å². The molecule has 1 aliphatic rings. The van der Waals surface area contributed by atoms with Gasteiger partial charge in [0.15, 0.2) is 0 Å². The lowest BCUT2D eigenvalue weighted by Crippen LogP contribution is -2.42. The van der Waals surface area contributed by atoms with Gasteiger partial charge in [0.1, 0.15) is 5.82 Å².